The van der Waals surface area contributed by atoms with Crippen LogP contribution in [0.5, 0.6) is 0 Å². The zero-order valence-electron chi connectivity index (χ0n) is 10.2. The number of halogens is 1. The van der Waals surface area contributed by atoms with Crippen LogP contribution in [0.1, 0.15) is 16.1 Å². The Balaban J connectivity index is 2.28. The van der Waals surface area contributed by atoms with E-state index in [1.165, 1.54) is 18.5 Å². The molecule has 1 aromatic carbocycles. The van der Waals surface area contributed by atoms with Gasteiger partial charge in [0.25, 0.3) is 0 Å². The molecule has 19 heavy (non-hydrogen) atoms. The van der Waals surface area contributed by atoms with Crippen molar-refractivity contribution in [2.45, 2.75) is 6.54 Å². The van der Waals surface area contributed by atoms with Crippen molar-refractivity contribution >= 4 is 11.8 Å². The molecule has 1 heterocycles. The summed E-state index contributed by atoms with van der Waals surface area (Å²) in [5.74, 6) is -1.29. The number of carboxylic acids is 1. The van der Waals surface area contributed by atoms with E-state index in [9.17, 15) is 9.18 Å². The molecule has 0 radical (unpaired) electrons. The van der Waals surface area contributed by atoms with Crippen LogP contribution in [-0.4, -0.2) is 28.1 Å². The first kappa shape index (κ1) is 12.9. The first-order chi connectivity index (χ1) is 9.09. The number of anilines is 1. The van der Waals surface area contributed by atoms with E-state index in [-0.39, 0.29) is 23.9 Å². The lowest BCUT2D eigenvalue weighted by atomic mass is 10.2. The molecule has 0 saturated carbocycles. The molecular formula is C13H12FN3O2. The Morgan fingerprint density at radius 1 is 1.32 bits per heavy atom. The van der Waals surface area contributed by atoms with E-state index in [4.69, 9.17) is 5.11 Å². The summed E-state index contributed by atoms with van der Waals surface area (Å²) in [6, 6.07) is 6.32. The maximum atomic E-state index is 13.5. The fourth-order valence-corrected chi connectivity index (χ4v) is 1.72. The second-order valence-electron chi connectivity index (χ2n) is 3.98. The molecule has 5 nitrogen and oxygen atoms in total. The van der Waals surface area contributed by atoms with Gasteiger partial charge in [-0.05, 0) is 6.07 Å². The van der Waals surface area contributed by atoms with Gasteiger partial charge in [0.15, 0.2) is 11.5 Å². The molecule has 0 saturated heterocycles. The normalized spacial score (nSPS) is 10.2. The minimum Gasteiger partial charge on any atom is -0.476 e. The van der Waals surface area contributed by atoms with Crippen LogP contribution in [0.2, 0.25) is 0 Å². The van der Waals surface area contributed by atoms with Crippen LogP contribution in [-0.2, 0) is 6.54 Å². The van der Waals surface area contributed by atoms with Gasteiger partial charge in [0.2, 0.25) is 0 Å². The maximum Gasteiger partial charge on any atom is 0.358 e. The Labute approximate surface area is 109 Å². The number of aromatic nitrogens is 2. The van der Waals surface area contributed by atoms with Crippen LogP contribution >= 0.6 is 0 Å². The second kappa shape index (κ2) is 5.43. The summed E-state index contributed by atoms with van der Waals surface area (Å²) in [5, 5.41) is 9.03. The predicted molar refractivity (Wildman–Crippen MR) is 67.5 cm³/mol. The number of hydrogen-bond donors (Lipinski definition) is 1. The van der Waals surface area contributed by atoms with E-state index < -0.39 is 5.97 Å². The molecule has 2 aromatic rings. The molecule has 2 rings (SSSR count). The van der Waals surface area contributed by atoms with Crippen molar-refractivity contribution in [1.82, 2.24) is 9.97 Å². The van der Waals surface area contributed by atoms with Crippen LogP contribution in [0.3, 0.4) is 0 Å². The van der Waals surface area contributed by atoms with Crippen molar-refractivity contribution in [2.24, 2.45) is 0 Å². The van der Waals surface area contributed by atoms with Crippen molar-refractivity contribution in [3.63, 3.8) is 0 Å². The van der Waals surface area contributed by atoms with E-state index in [1.54, 1.807) is 30.1 Å². The molecule has 6 heteroatoms. The van der Waals surface area contributed by atoms with Gasteiger partial charge in [-0.25, -0.2) is 19.2 Å². The van der Waals surface area contributed by atoms with Crippen molar-refractivity contribution < 1.29 is 14.3 Å². The number of benzene rings is 1. The molecule has 0 aliphatic heterocycles. The highest BCUT2D eigenvalue weighted by Gasteiger charge is 2.17. The third-order valence-electron chi connectivity index (χ3n) is 2.61. The number of rotatable bonds is 4. The molecule has 0 aliphatic carbocycles. The number of aromatic carboxylic acids is 1. The van der Waals surface area contributed by atoms with Crippen LogP contribution in [0.25, 0.3) is 0 Å². The Bertz CT molecular complexity index is 604. The van der Waals surface area contributed by atoms with Crippen LogP contribution in [0, 0.1) is 5.82 Å². The van der Waals surface area contributed by atoms with Gasteiger partial charge in [0.05, 0.1) is 0 Å². The maximum absolute atomic E-state index is 13.5. The van der Waals surface area contributed by atoms with Gasteiger partial charge >= 0.3 is 5.97 Å². The Morgan fingerprint density at radius 2 is 2.00 bits per heavy atom. The highest BCUT2D eigenvalue weighted by molar-refractivity contribution is 5.90. The Hall–Kier alpha value is -2.50. The molecule has 0 bridgehead atoms. The molecule has 0 unspecified atom stereocenters. The lowest BCUT2D eigenvalue weighted by Crippen LogP contribution is -2.22. The monoisotopic (exact) mass is 261 g/mol. The zero-order chi connectivity index (χ0) is 13.8. The van der Waals surface area contributed by atoms with E-state index >= 15 is 0 Å². The number of carboxylic acid groups (broad SMARTS) is 1. The third-order valence-corrected chi connectivity index (χ3v) is 2.61. The van der Waals surface area contributed by atoms with Crippen LogP contribution < -0.4 is 4.90 Å². The van der Waals surface area contributed by atoms with E-state index in [2.05, 4.69) is 9.97 Å². The van der Waals surface area contributed by atoms with Crippen molar-refractivity contribution in [2.75, 3.05) is 11.9 Å². The fourth-order valence-electron chi connectivity index (χ4n) is 1.72. The van der Waals surface area contributed by atoms with Gasteiger partial charge in [-0.1, -0.05) is 18.2 Å². The summed E-state index contributed by atoms with van der Waals surface area (Å²) in [5.41, 5.74) is 0.313. The van der Waals surface area contributed by atoms with E-state index in [0.717, 1.165) is 0 Å². The van der Waals surface area contributed by atoms with Gasteiger partial charge in [0, 0.05) is 31.5 Å². The Kier molecular flexibility index (Phi) is 3.70. The van der Waals surface area contributed by atoms with E-state index in [1.807, 2.05) is 0 Å². The van der Waals surface area contributed by atoms with E-state index in [0.29, 0.717) is 5.56 Å². The van der Waals surface area contributed by atoms with Gasteiger partial charge in [0.1, 0.15) is 5.82 Å². The van der Waals surface area contributed by atoms with Gasteiger partial charge in [-0.3, -0.25) is 0 Å². The fraction of sp³-hybridized carbons (Fsp3) is 0.154. The summed E-state index contributed by atoms with van der Waals surface area (Å²) in [7, 11) is 1.64. The largest absolute Gasteiger partial charge is 0.476 e. The smallest absolute Gasteiger partial charge is 0.358 e. The van der Waals surface area contributed by atoms with Crippen molar-refractivity contribution in [3.05, 3.63) is 53.7 Å². The highest BCUT2D eigenvalue weighted by atomic mass is 19.1. The topological polar surface area (TPSA) is 66.3 Å². The molecule has 0 atom stereocenters. The minimum atomic E-state index is -1.16. The molecule has 98 valence electrons. The summed E-state index contributed by atoms with van der Waals surface area (Å²) < 4.78 is 13.5. The first-order valence-electron chi connectivity index (χ1n) is 5.58. The highest BCUT2D eigenvalue weighted by Crippen LogP contribution is 2.17. The summed E-state index contributed by atoms with van der Waals surface area (Å²) in [4.78, 5) is 20.3. The average molecular weight is 261 g/mol. The standard InChI is InChI=1S/C13H12FN3O2/c1-17(8-9-4-2-3-5-10(9)14)12-11(13(18)19)15-6-7-16-12/h2-7H,8H2,1H3,(H,18,19). The predicted octanol–water partition coefficient (Wildman–Crippen LogP) is 1.95. The van der Waals surface area contributed by atoms with Gasteiger partial charge in [-0.2, -0.15) is 0 Å². The molecule has 0 aliphatic rings. The molecular weight excluding hydrogens is 249 g/mol. The first-order valence-corrected chi connectivity index (χ1v) is 5.58. The zero-order valence-corrected chi connectivity index (χ0v) is 10.2. The molecule has 1 N–H and O–H groups in total. The number of carbonyl (C=O) groups is 1. The van der Waals surface area contributed by atoms with Crippen molar-refractivity contribution in [1.29, 1.82) is 0 Å². The molecule has 0 spiro atoms. The second-order valence-corrected chi connectivity index (χ2v) is 3.98. The van der Waals surface area contributed by atoms with Crippen LogP contribution in [0.4, 0.5) is 10.2 Å². The number of hydrogen-bond acceptors (Lipinski definition) is 4. The molecule has 0 fully saturated rings. The molecule has 0 amide bonds. The van der Waals surface area contributed by atoms with Crippen molar-refractivity contribution in [3.8, 4) is 0 Å². The quantitative estimate of drug-likeness (QED) is 0.911. The average Bonchev–Trinajstić information content (AvgIpc) is 2.41. The lowest BCUT2D eigenvalue weighted by Gasteiger charge is -2.19. The Morgan fingerprint density at radius 3 is 2.68 bits per heavy atom. The summed E-state index contributed by atoms with van der Waals surface area (Å²) >= 11 is 0. The number of nitrogens with zero attached hydrogens (tertiary/aromatic N) is 3. The van der Waals surface area contributed by atoms with Crippen LogP contribution in [0.15, 0.2) is 36.7 Å². The van der Waals surface area contributed by atoms with Gasteiger partial charge < -0.3 is 10.0 Å². The minimum absolute atomic E-state index is 0.152. The third kappa shape index (κ3) is 2.85. The molecule has 1 aromatic heterocycles. The SMILES string of the molecule is CN(Cc1ccccc1F)c1nccnc1C(=O)O. The summed E-state index contributed by atoms with van der Waals surface area (Å²) in [6.45, 7) is 0.214. The van der Waals surface area contributed by atoms with Gasteiger partial charge in [-0.15, -0.1) is 0 Å². The lowest BCUT2D eigenvalue weighted by molar-refractivity contribution is 0.0690. The summed E-state index contributed by atoms with van der Waals surface area (Å²) in [6.07, 6.45) is 2.71.